The Balaban J connectivity index is 1.30. The Morgan fingerprint density at radius 2 is 0.816 bits per heavy atom. The normalized spacial score (nSPS) is 12.7. The number of pyridine rings is 1. The van der Waals surface area contributed by atoms with Gasteiger partial charge in [-0.3, -0.25) is 4.98 Å². The molecule has 1 aliphatic rings. The third kappa shape index (κ3) is 4.87. The molecular weight excluding hydrogens is 595 g/mol. The van der Waals surface area contributed by atoms with E-state index in [2.05, 4.69) is 169 Å². The van der Waals surface area contributed by atoms with Crippen LogP contribution in [0.4, 0.5) is 0 Å². The Labute approximate surface area is 286 Å². The van der Waals surface area contributed by atoms with Gasteiger partial charge in [0, 0.05) is 29.1 Å². The van der Waals surface area contributed by atoms with Gasteiger partial charge in [-0.15, -0.1) is 0 Å². The first-order valence-corrected chi connectivity index (χ1v) is 16.6. The number of benzene rings is 6. The van der Waals surface area contributed by atoms with Crippen molar-refractivity contribution in [1.82, 2.24) is 15.0 Å². The zero-order valence-electron chi connectivity index (χ0n) is 26.7. The van der Waals surface area contributed by atoms with Crippen molar-refractivity contribution in [3.8, 4) is 56.2 Å². The topological polar surface area (TPSA) is 38.7 Å². The smallest absolute Gasteiger partial charge is 0.160 e. The first-order valence-electron chi connectivity index (χ1n) is 16.6. The van der Waals surface area contributed by atoms with Gasteiger partial charge < -0.3 is 0 Å². The van der Waals surface area contributed by atoms with Crippen molar-refractivity contribution in [1.29, 1.82) is 0 Å². The molecule has 0 atom stereocenters. The van der Waals surface area contributed by atoms with Crippen LogP contribution in [0.2, 0.25) is 0 Å². The van der Waals surface area contributed by atoms with E-state index in [0.717, 1.165) is 39.2 Å². The predicted molar refractivity (Wildman–Crippen MR) is 199 cm³/mol. The van der Waals surface area contributed by atoms with Gasteiger partial charge in [0.1, 0.15) is 0 Å². The number of rotatable bonds is 6. The van der Waals surface area contributed by atoms with Gasteiger partial charge in [0.05, 0.1) is 16.8 Å². The third-order valence-corrected chi connectivity index (χ3v) is 9.68. The second-order valence-corrected chi connectivity index (χ2v) is 12.4. The summed E-state index contributed by atoms with van der Waals surface area (Å²) in [6, 6.07) is 62.5. The molecule has 0 fully saturated rings. The van der Waals surface area contributed by atoms with Crippen LogP contribution in [0.3, 0.4) is 0 Å². The molecule has 0 saturated carbocycles. The van der Waals surface area contributed by atoms with Gasteiger partial charge in [0.15, 0.2) is 5.82 Å². The molecular formula is C46H31N3. The predicted octanol–water partition coefficient (Wildman–Crippen LogP) is 10.9. The molecule has 1 aliphatic carbocycles. The zero-order valence-corrected chi connectivity index (χ0v) is 26.7. The number of nitrogens with zero attached hydrogens (tertiary/aromatic N) is 3. The molecule has 0 bridgehead atoms. The summed E-state index contributed by atoms with van der Waals surface area (Å²) in [4.78, 5) is 14.6. The van der Waals surface area contributed by atoms with Crippen LogP contribution in [-0.4, -0.2) is 15.0 Å². The number of fused-ring (bicyclic) bond motifs is 3. The second kappa shape index (κ2) is 12.0. The summed E-state index contributed by atoms with van der Waals surface area (Å²) in [5.41, 5.74) is 14.0. The van der Waals surface area contributed by atoms with E-state index in [1.807, 2.05) is 24.5 Å². The molecule has 0 aliphatic heterocycles. The molecule has 2 aromatic heterocycles. The molecule has 49 heavy (non-hydrogen) atoms. The first-order chi connectivity index (χ1) is 24.3. The summed E-state index contributed by atoms with van der Waals surface area (Å²) < 4.78 is 0. The Kier molecular flexibility index (Phi) is 7.02. The molecule has 0 unspecified atom stereocenters. The van der Waals surface area contributed by atoms with E-state index in [-0.39, 0.29) is 0 Å². The van der Waals surface area contributed by atoms with Crippen LogP contribution in [0.1, 0.15) is 22.3 Å². The van der Waals surface area contributed by atoms with E-state index in [0.29, 0.717) is 5.82 Å². The molecule has 230 valence electrons. The molecule has 3 nitrogen and oxygen atoms in total. The molecule has 0 spiro atoms. The van der Waals surface area contributed by atoms with E-state index in [9.17, 15) is 0 Å². The van der Waals surface area contributed by atoms with Gasteiger partial charge in [0.25, 0.3) is 0 Å². The minimum Gasteiger partial charge on any atom is -0.265 e. The Bertz CT molecular complexity index is 2330. The summed E-state index contributed by atoms with van der Waals surface area (Å²) in [5, 5.41) is 0. The third-order valence-electron chi connectivity index (χ3n) is 9.68. The number of hydrogen-bond donors (Lipinski definition) is 0. The molecule has 2 heterocycles. The van der Waals surface area contributed by atoms with Crippen LogP contribution >= 0.6 is 0 Å². The molecule has 6 aromatic carbocycles. The van der Waals surface area contributed by atoms with Crippen molar-refractivity contribution >= 4 is 0 Å². The van der Waals surface area contributed by atoms with Gasteiger partial charge in [-0.2, -0.15) is 0 Å². The SMILES string of the molecule is c1ccc(-c2cc(-c3ccccc3)nc(-c3cccc(C4(c5cccc(-c6ccncc6)c5)c5ccccc5-c5ccccc54)c3)n2)cc1. The van der Waals surface area contributed by atoms with Crippen LogP contribution in [0.5, 0.6) is 0 Å². The van der Waals surface area contributed by atoms with Crippen molar-refractivity contribution in [2.75, 3.05) is 0 Å². The van der Waals surface area contributed by atoms with Crippen LogP contribution in [0.15, 0.2) is 188 Å². The van der Waals surface area contributed by atoms with Crippen LogP contribution < -0.4 is 0 Å². The van der Waals surface area contributed by atoms with Crippen molar-refractivity contribution in [3.63, 3.8) is 0 Å². The maximum absolute atomic E-state index is 5.19. The highest BCUT2D eigenvalue weighted by atomic mass is 14.9. The molecule has 0 N–H and O–H groups in total. The maximum Gasteiger partial charge on any atom is 0.160 e. The summed E-state index contributed by atoms with van der Waals surface area (Å²) in [6.45, 7) is 0. The van der Waals surface area contributed by atoms with Crippen LogP contribution in [0, 0.1) is 0 Å². The molecule has 0 amide bonds. The van der Waals surface area contributed by atoms with Crippen molar-refractivity contribution in [2.24, 2.45) is 0 Å². The second-order valence-electron chi connectivity index (χ2n) is 12.4. The van der Waals surface area contributed by atoms with Gasteiger partial charge >= 0.3 is 0 Å². The molecule has 9 rings (SSSR count). The summed E-state index contributed by atoms with van der Waals surface area (Å²) in [7, 11) is 0. The maximum atomic E-state index is 5.19. The van der Waals surface area contributed by atoms with Crippen molar-refractivity contribution in [3.05, 3.63) is 211 Å². The van der Waals surface area contributed by atoms with Gasteiger partial charge in [0.2, 0.25) is 0 Å². The largest absolute Gasteiger partial charge is 0.265 e. The van der Waals surface area contributed by atoms with Gasteiger partial charge in [-0.25, -0.2) is 9.97 Å². The van der Waals surface area contributed by atoms with Gasteiger partial charge in [-0.05, 0) is 74.8 Å². The summed E-state index contributed by atoms with van der Waals surface area (Å²) in [5.74, 6) is 0.697. The van der Waals surface area contributed by atoms with Crippen LogP contribution in [0.25, 0.3) is 56.2 Å². The minimum absolute atomic E-state index is 0.564. The van der Waals surface area contributed by atoms with Gasteiger partial charge in [-0.1, -0.05) is 146 Å². The fourth-order valence-electron chi connectivity index (χ4n) is 7.48. The highest BCUT2D eigenvalue weighted by Gasteiger charge is 2.46. The average Bonchev–Trinajstić information content (AvgIpc) is 3.50. The summed E-state index contributed by atoms with van der Waals surface area (Å²) in [6.07, 6.45) is 3.71. The molecule has 8 aromatic rings. The number of hydrogen-bond acceptors (Lipinski definition) is 3. The lowest BCUT2D eigenvalue weighted by Crippen LogP contribution is -2.28. The number of aromatic nitrogens is 3. The fourth-order valence-corrected chi connectivity index (χ4v) is 7.48. The quantitative estimate of drug-likeness (QED) is 0.185. The zero-order chi connectivity index (χ0) is 32.6. The highest BCUT2D eigenvalue weighted by molar-refractivity contribution is 5.87. The van der Waals surface area contributed by atoms with E-state index in [4.69, 9.17) is 9.97 Å². The molecule has 0 radical (unpaired) electrons. The molecule has 3 heteroatoms. The highest BCUT2D eigenvalue weighted by Crippen LogP contribution is 2.56. The lowest BCUT2D eigenvalue weighted by Gasteiger charge is -2.34. The van der Waals surface area contributed by atoms with Crippen LogP contribution in [-0.2, 0) is 5.41 Å². The lowest BCUT2D eigenvalue weighted by molar-refractivity contribution is 0.769. The summed E-state index contributed by atoms with van der Waals surface area (Å²) >= 11 is 0. The van der Waals surface area contributed by atoms with Crippen molar-refractivity contribution in [2.45, 2.75) is 5.41 Å². The van der Waals surface area contributed by atoms with E-state index in [1.165, 1.54) is 33.4 Å². The standard InChI is InChI=1S/C46H31N3/c1-3-13-33(14-4-1)43-31-44(34-15-5-2-6-16-34)49-45(48-43)36-18-12-20-38(30-36)46(37-19-11-17-35(29-37)32-25-27-47-28-26-32)41-23-9-7-21-39(41)40-22-8-10-24-42(40)46/h1-31H. The Morgan fingerprint density at radius 1 is 0.347 bits per heavy atom. The Hall–Kier alpha value is -6.45. The van der Waals surface area contributed by atoms with Crippen molar-refractivity contribution < 1.29 is 0 Å². The van der Waals surface area contributed by atoms with E-state index >= 15 is 0 Å². The Morgan fingerprint density at radius 3 is 1.39 bits per heavy atom. The average molecular weight is 626 g/mol. The first kappa shape index (κ1) is 28.7. The monoisotopic (exact) mass is 625 g/mol. The molecule has 0 saturated heterocycles. The van der Waals surface area contributed by atoms with E-state index < -0.39 is 5.41 Å². The van der Waals surface area contributed by atoms with E-state index in [1.54, 1.807) is 0 Å². The minimum atomic E-state index is -0.564. The lowest BCUT2D eigenvalue weighted by atomic mass is 9.67. The fraction of sp³-hybridized carbons (Fsp3) is 0.0217.